The molecule has 0 aromatic heterocycles. The first kappa shape index (κ1) is 16.8. The van der Waals surface area contributed by atoms with Gasteiger partial charge in [-0.1, -0.05) is 19.1 Å². The van der Waals surface area contributed by atoms with Gasteiger partial charge in [0.2, 0.25) is 5.91 Å². The van der Waals surface area contributed by atoms with Crippen LogP contribution in [0.4, 0.5) is 0 Å². The molecule has 0 spiro atoms. The number of likely N-dealkylation sites (N-methyl/N-ethyl adjacent to an activating group) is 1. The molecule has 1 amide bonds. The van der Waals surface area contributed by atoms with E-state index in [1.807, 2.05) is 17.0 Å². The number of rotatable bonds is 7. The lowest BCUT2D eigenvalue weighted by molar-refractivity contribution is -0.133. The number of nitrogens with zero attached hydrogens (tertiary/aromatic N) is 2. The summed E-state index contributed by atoms with van der Waals surface area (Å²) in [5.41, 5.74) is 1.31. The van der Waals surface area contributed by atoms with Crippen LogP contribution in [0.1, 0.15) is 31.7 Å². The highest BCUT2D eigenvalue weighted by atomic mass is 16.5. The molecule has 1 heterocycles. The summed E-state index contributed by atoms with van der Waals surface area (Å²) in [4.78, 5) is 16.6. The van der Waals surface area contributed by atoms with Crippen LogP contribution in [0.5, 0.6) is 5.75 Å². The van der Waals surface area contributed by atoms with Crippen molar-refractivity contribution in [2.45, 2.75) is 32.6 Å². The number of amides is 1. The summed E-state index contributed by atoms with van der Waals surface area (Å²) in [6.07, 6.45) is 3.75. The van der Waals surface area contributed by atoms with Crippen LogP contribution in [0.2, 0.25) is 0 Å². The second kappa shape index (κ2) is 8.79. The summed E-state index contributed by atoms with van der Waals surface area (Å²) in [7, 11) is 1.68. The Hall–Kier alpha value is -1.55. The number of aryl methyl sites for hydroxylation is 1. The van der Waals surface area contributed by atoms with Crippen molar-refractivity contribution in [1.82, 2.24) is 9.80 Å². The summed E-state index contributed by atoms with van der Waals surface area (Å²) in [6, 6.07) is 8.19. The van der Waals surface area contributed by atoms with Crippen LogP contribution in [0.15, 0.2) is 24.3 Å². The third kappa shape index (κ3) is 5.02. The van der Waals surface area contributed by atoms with E-state index in [1.165, 1.54) is 5.56 Å². The van der Waals surface area contributed by atoms with E-state index < -0.39 is 0 Å². The molecular formula is C18H28N2O2. The zero-order valence-electron chi connectivity index (χ0n) is 13.9. The number of ether oxygens (including phenoxy) is 1. The number of carbonyl (C=O) groups excluding carboxylic acids is 1. The molecule has 2 rings (SSSR count). The summed E-state index contributed by atoms with van der Waals surface area (Å²) < 4.78 is 5.16. The lowest BCUT2D eigenvalue weighted by Crippen LogP contribution is -2.48. The van der Waals surface area contributed by atoms with E-state index in [0.717, 1.165) is 57.7 Å². The Morgan fingerprint density at radius 2 is 1.77 bits per heavy atom. The molecule has 1 fully saturated rings. The van der Waals surface area contributed by atoms with Gasteiger partial charge in [0, 0.05) is 32.6 Å². The average Bonchev–Trinajstić information content (AvgIpc) is 2.59. The molecular weight excluding hydrogens is 276 g/mol. The van der Waals surface area contributed by atoms with Crippen LogP contribution >= 0.6 is 0 Å². The lowest BCUT2D eigenvalue weighted by Gasteiger charge is -2.34. The largest absolute Gasteiger partial charge is 0.497 e. The van der Waals surface area contributed by atoms with Crippen molar-refractivity contribution in [3.8, 4) is 5.75 Å². The fourth-order valence-corrected chi connectivity index (χ4v) is 2.87. The quantitative estimate of drug-likeness (QED) is 0.726. The Morgan fingerprint density at radius 3 is 2.36 bits per heavy atom. The average molecular weight is 304 g/mol. The number of unbranched alkanes of at least 4 members (excludes halogenated alkanes) is 1. The van der Waals surface area contributed by atoms with E-state index >= 15 is 0 Å². The number of hydrogen-bond donors (Lipinski definition) is 0. The SMILES string of the molecule is CCN1CCN(C(=O)CCCCc2ccc(OC)cc2)CC1. The molecule has 0 radical (unpaired) electrons. The van der Waals surface area contributed by atoms with E-state index in [2.05, 4.69) is 24.0 Å². The topological polar surface area (TPSA) is 32.8 Å². The van der Waals surface area contributed by atoms with Crippen LogP contribution in [-0.4, -0.2) is 55.5 Å². The van der Waals surface area contributed by atoms with Crippen LogP contribution in [0, 0.1) is 0 Å². The minimum absolute atomic E-state index is 0.325. The Bertz CT molecular complexity index is 451. The maximum absolute atomic E-state index is 12.2. The first-order chi connectivity index (χ1) is 10.7. The van der Waals surface area contributed by atoms with Gasteiger partial charge in [-0.2, -0.15) is 0 Å². The van der Waals surface area contributed by atoms with Gasteiger partial charge in [-0.05, 0) is 43.5 Å². The maximum Gasteiger partial charge on any atom is 0.222 e. The molecule has 4 heteroatoms. The Balaban J connectivity index is 1.62. The highest BCUT2D eigenvalue weighted by Crippen LogP contribution is 2.14. The second-order valence-corrected chi connectivity index (χ2v) is 5.87. The maximum atomic E-state index is 12.2. The van der Waals surface area contributed by atoms with Crippen molar-refractivity contribution >= 4 is 5.91 Å². The third-order valence-corrected chi connectivity index (χ3v) is 4.44. The predicted octanol–water partition coefficient (Wildman–Crippen LogP) is 2.57. The van der Waals surface area contributed by atoms with E-state index in [9.17, 15) is 4.79 Å². The first-order valence-corrected chi connectivity index (χ1v) is 8.36. The molecule has 4 nitrogen and oxygen atoms in total. The molecule has 1 saturated heterocycles. The monoisotopic (exact) mass is 304 g/mol. The van der Waals surface area contributed by atoms with Gasteiger partial charge < -0.3 is 14.5 Å². The molecule has 1 aromatic carbocycles. The van der Waals surface area contributed by atoms with Crippen LogP contribution in [0.3, 0.4) is 0 Å². The Labute approximate surface area is 134 Å². The molecule has 22 heavy (non-hydrogen) atoms. The minimum Gasteiger partial charge on any atom is -0.497 e. The molecule has 0 N–H and O–H groups in total. The van der Waals surface area contributed by atoms with Gasteiger partial charge in [0.25, 0.3) is 0 Å². The first-order valence-electron chi connectivity index (χ1n) is 8.36. The summed E-state index contributed by atoms with van der Waals surface area (Å²) in [5, 5.41) is 0. The van der Waals surface area contributed by atoms with Crippen LogP contribution in [-0.2, 0) is 11.2 Å². The zero-order valence-corrected chi connectivity index (χ0v) is 13.9. The second-order valence-electron chi connectivity index (χ2n) is 5.87. The Kier molecular flexibility index (Phi) is 6.72. The van der Waals surface area contributed by atoms with Gasteiger partial charge in [0.05, 0.1) is 7.11 Å². The molecule has 1 aliphatic heterocycles. The molecule has 0 bridgehead atoms. The van der Waals surface area contributed by atoms with Crippen molar-refractivity contribution in [2.75, 3.05) is 39.8 Å². The van der Waals surface area contributed by atoms with E-state index in [1.54, 1.807) is 7.11 Å². The fraction of sp³-hybridized carbons (Fsp3) is 0.611. The van der Waals surface area contributed by atoms with Crippen molar-refractivity contribution < 1.29 is 9.53 Å². The van der Waals surface area contributed by atoms with Gasteiger partial charge in [-0.15, -0.1) is 0 Å². The minimum atomic E-state index is 0.325. The number of benzene rings is 1. The standard InChI is InChI=1S/C18H28N2O2/c1-3-19-12-14-20(15-13-19)18(21)7-5-4-6-16-8-10-17(22-2)11-9-16/h8-11H,3-7,12-15H2,1-2H3. The zero-order chi connectivity index (χ0) is 15.8. The molecule has 0 aliphatic carbocycles. The van der Waals surface area contributed by atoms with Gasteiger partial charge in [-0.25, -0.2) is 0 Å². The predicted molar refractivity (Wildman–Crippen MR) is 89.2 cm³/mol. The highest BCUT2D eigenvalue weighted by Gasteiger charge is 2.19. The van der Waals surface area contributed by atoms with Crippen molar-refractivity contribution in [1.29, 1.82) is 0 Å². The molecule has 0 atom stereocenters. The summed E-state index contributed by atoms with van der Waals surface area (Å²) in [5.74, 6) is 1.22. The van der Waals surface area contributed by atoms with E-state index in [-0.39, 0.29) is 0 Å². The van der Waals surface area contributed by atoms with Gasteiger partial charge in [0.1, 0.15) is 5.75 Å². The van der Waals surface area contributed by atoms with Crippen LogP contribution in [0.25, 0.3) is 0 Å². The Morgan fingerprint density at radius 1 is 1.09 bits per heavy atom. The van der Waals surface area contributed by atoms with E-state index in [0.29, 0.717) is 12.3 Å². The lowest BCUT2D eigenvalue weighted by atomic mass is 10.1. The molecule has 1 aliphatic rings. The molecule has 122 valence electrons. The molecule has 0 saturated carbocycles. The van der Waals surface area contributed by atoms with Crippen molar-refractivity contribution in [2.24, 2.45) is 0 Å². The van der Waals surface area contributed by atoms with Gasteiger partial charge in [-0.3, -0.25) is 4.79 Å². The normalized spacial score (nSPS) is 15.8. The van der Waals surface area contributed by atoms with Crippen LogP contribution < -0.4 is 4.74 Å². The number of carbonyl (C=O) groups is 1. The fourth-order valence-electron chi connectivity index (χ4n) is 2.87. The number of hydrogen-bond acceptors (Lipinski definition) is 3. The molecule has 1 aromatic rings. The number of piperazine rings is 1. The van der Waals surface area contributed by atoms with E-state index in [4.69, 9.17) is 4.74 Å². The highest BCUT2D eigenvalue weighted by molar-refractivity contribution is 5.76. The molecule has 0 unspecified atom stereocenters. The number of methoxy groups -OCH3 is 1. The van der Waals surface area contributed by atoms with Gasteiger partial charge in [0.15, 0.2) is 0 Å². The van der Waals surface area contributed by atoms with Gasteiger partial charge >= 0.3 is 0 Å². The smallest absolute Gasteiger partial charge is 0.222 e. The van der Waals surface area contributed by atoms with Crippen molar-refractivity contribution in [3.05, 3.63) is 29.8 Å². The summed E-state index contributed by atoms with van der Waals surface area (Å²) in [6.45, 7) is 7.10. The summed E-state index contributed by atoms with van der Waals surface area (Å²) >= 11 is 0. The third-order valence-electron chi connectivity index (χ3n) is 4.44. The van der Waals surface area contributed by atoms with Crippen molar-refractivity contribution in [3.63, 3.8) is 0 Å².